The lowest BCUT2D eigenvalue weighted by Gasteiger charge is -2.33. The van der Waals surface area contributed by atoms with E-state index < -0.39 is 0 Å². The van der Waals surface area contributed by atoms with Gasteiger partial charge >= 0.3 is 0 Å². The maximum atomic E-state index is 8.57. The van der Waals surface area contributed by atoms with Crippen molar-refractivity contribution in [2.45, 2.75) is 19.8 Å². The molecule has 1 aromatic carbocycles. The third kappa shape index (κ3) is 2.65. The van der Waals surface area contributed by atoms with Crippen molar-refractivity contribution in [2.24, 2.45) is 11.0 Å². The van der Waals surface area contributed by atoms with E-state index in [9.17, 15) is 0 Å². The molecular formula is C12H15ClN4. The second-order valence-corrected chi connectivity index (χ2v) is 4.87. The molecule has 0 bridgehead atoms. The zero-order chi connectivity index (χ0) is 12.3. The lowest BCUT2D eigenvalue weighted by atomic mass is 9.98. The van der Waals surface area contributed by atoms with Gasteiger partial charge in [0.15, 0.2) is 0 Å². The number of azide groups is 1. The van der Waals surface area contributed by atoms with E-state index in [2.05, 4.69) is 21.8 Å². The van der Waals surface area contributed by atoms with Crippen molar-refractivity contribution < 1.29 is 0 Å². The number of para-hydroxylation sites is 1. The minimum absolute atomic E-state index is 0.620. The first kappa shape index (κ1) is 12.1. The van der Waals surface area contributed by atoms with Gasteiger partial charge in [0.05, 0.1) is 16.4 Å². The molecule has 0 radical (unpaired) electrons. The smallest absolute Gasteiger partial charge is 0.0652 e. The third-order valence-electron chi connectivity index (χ3n) is 3.22. The number of hydrogen-bond acceptors (Lipinski definition) is 2. The van der Waals surface area contributed by atoms with E-state index in [1.807, 2.05) is 12.1 Å². The summed E-state index contributed by atoms with van der Waals surface area (Å²) >= 11 is 6.21. The molecule has 5 heteroatoms. The van der Waals surface area contributed by atoms with Gasteiger partial charge in [-0.3, -0.25) is 0 Å². The molecule has 17 heavy (non-hydrogen) atoms. The van der Waals surface area contributed by atoms with Crippen molar-refractivity contribution in [3.63, 3.8) is 0 Å². The van der Waals surface area contributed by atoms with E-state index in [1.54, 1.807) is 6.07 Å². The van der Waals surface area contributed by atoms with Gasteiger partial charge in [-0.05, 0) is 30.4 Å². The normalized spacial score (nSPS) is 16.7. The first-order chi connectivity index (χ1) is 8.22. The van der Waals surface area contributed by atoms with E-state index in [1.165, 1.54) is 0 Å². The molecule has 1 aromatic rings. The summed E-state index contributed by atoms with van der Waals surface area (Å²) < 4.78 is 0. The predicted octanol–water partition coefficient (Wildman–Crippen LogP) is 4.52. The van der Waals surface area contributed by atoms with Crippen LogP contribution in [0.2, 0.25) is 5.02 Å². The fourth-order valence-corrected chi connectivity index (χ4v) is 2.47. The van der Waals surface area contributed by atoms with E-state index in [0.717, 1.165) is 37.5 Å². The van der Waals surface area contributed by atoms with Gasteiger partial charge in [0.2, 0.25) is 0 Å². The van der Waals surface area contributed by atoms with Crippen LogP contribution < -0.4 is 4.90 Å². The Morgan fingerprint density at radius 2 is 2.12 bits per heavy atom. The Balaban J connectivity index is 2.33. The van der Waals surface area contributed by atoms with Gasteiger partial charge in [-0.25, -0.2) is 0 Å². The Hall–Kier alpha value is -1.38. The lowest BCUT2D eigenvalue weighted by Crippen LogP contribution is -2.32. The molecule has 1 aliphatic heterocycles. The van der Waals surface area contributed by atoms with Crippen LogP contribution in [0, 0.1) is 5.92 Å². The number of piperidine rings is 1. The molecule has 0 unspecified atom stereocenters. The Morgan fingerprint density at radius 1 is 1.41 bits per heavy atom. The molecule has 0 spiro atoms. The summed E-state index contributed by atoms with van der Waals surface area (Å²) in [6, 6.07) is 5.45. The van der Waals surface area contributed by atoms with Crippen LogP contribution in [-0.2, 0) is 0 Å². The maximum absolute atomic E-state index is 8.57. The van der Waals surface area contributed by atoms with Crippen LogP contribution >= 0.6 is 11.6 Å². The zero-order valence-electron chi connectivity index (χ0n) is 9.80. The number of hydrogen-bond donors (Lipinski definition) is 0. The van der Waals surface area contributed by atoms with Gasteiger partial charge in [-0.15, -0.1) is 0 Å². The summed E-state index contributed by atoms with van der Waals surface area (Å²) in [6.07, 6.45) is 2.31. The maximum Gasteiger partial charge on any atom is 0.0652 e. The number of benzene rings is 1. The van der Waals surface area contributed by atoms with Crippen LogP contribution in [0.3, 0.4) is 0 Å². The molecule has 1 aliphatic rings. The summed E-state index contributed by atoms with van der Waals surface area (Å²) in [6.45, 7) is 4.20. The molecule has 1 fully saturated rings. The Morgan fingerprint density at radius 3 is 2.76 bits per heavy atom. The fourth-order valence-electron chi connectivity index (χ4n) is 2.18. The standard InChI is InChI=1S/C12H15ClN4/c1-9-5-7-17(8-6-9)12-10(13)3-2-4-11(12)15-16-14/h2-4,9H,5-8H2,1H3. The Kier molecular flexibility index (Phi) is 3.77. The fraction of sp³-hybridized carbons (Fsp3) is 0.500. The first-order valence-electron chi connectivity index (χ1n) is 5.81. The highest BCUT2D eigenvalue weighted by Gasteiger charge is 2.19. The van der Waals surface area contributed by atoms with Crippen molar-refractivity contribution in [1.82, 2.24) is 0 Å². The average molecular weight is 251 g/mol. The molecule has 1 heterocycles. The summed E-state index contributed by atoms with van der Waals surface area (Å²) in [5, 5.41) is 4.37. The molecule has 1 saturated heterocycles. The monoisotopic (exact) mass is 250 g/mol. The van der Waals surface area contributed by atoms with Crippen molar-refractivity contribution in [3.05, 3.63) is 33.7 Å². The van der Waals surface area contributed by atoms with Gasteiger partial charge < -0.3 is 4.90 Å². The van der Waals surface area contributed by atoms with Gasteiger partial charge in [-0.1, -0.05) is 35.8 Å². The predicted molar refractivity (Wildman–Crippen MR) is 70.9 cm³/mol. The van der Waals surface area contributed by atoms with E-state index in [0.29, 0.717) is 10.7 Å². The topological polar surface area (TPSA) is 52.0 Å². The number of anilines is 1. The lowest BCUT2D eigenvalue weighted by molar-refractivity contribution is 0.438. The number of nitrogens with zero attached hydrogens (tertiary/aromatic N) is 4. The number of halogens is 1. The van der Waals surface area contributed by atoms with Gasteiger partial charge in [-0.2, -0.15) is 0 Å². The van der Waals surface area contributed by atoms with E-state index in [4.69, 9.17) is 17.1 Å². The summed E-state index contributed by atoms with van der Waals surface area (Å²) in [4.78, 5) is 5.07. The molecule has 0 N–H and O–H groups in total. The largest absolute Gasteiger partial charge is 0.370 e. The van der Waals surface area contributed by atoms with Gasteiger partial charge in [0.1, 0.15) is 0 Å². The molecule has 90 valence electrons. The molecule has 4 nitrogen and oxygen atoms in total. The Labute approximate surface area is 106 Å². The highest BCUT2D eigenvalue weighted by molar-refractivity contribution is 6.33. The average Bonchev–Trinajstić information content (AvgIpc) is 2.32. The van der Waals surface area contributed by atoms with Gasteiger partial charge in [0.25, 0.3) is 0 Å². The highest BCUT2D eigenvalue weighted by Crippen LogP contribution is 2.37. The Bertz CT molecular complexity index is 446. The van der Waals surface area contributed by atoms with Crippen molar-refractivity contribution >= 4 is 23.0 Å². The summed E-state index contributed by atoms with van der Waals surface area (Å²) in [7, 11) is 0. The minimum atomic E-state index is 0.620. The second-order valence-electron chi connectivity index (χ2n) is 4.47. The van der Waals surface area contributed by atoms with Gasteiger partial charge in [0, 0.05) is 18.0 Å². The van der Waals surface area contributed by atoms with E-state index in [-0.39, 0.29) is 0 Å². The summed E-state index contributed by atoms with van der Waals surface area (Å²) in [5.41, 5.74) is 10.1. The quantitative estimate of drug-likeness (QED) is 0.433. The minimum Gasteiger partial charge on any atom is -0.370 e. The molecule has 0 saturated carbocycles. The van der Waals surface area contributed by atoms with E-state index >= 15 is 0 Å². The third-order valence-corrected chi connectivity index (χ3v) is 3.52. The zero-order valence-corrected chi connectivity index (χ0v) is 10.6. The summed E-state index contributed by atoms with van der Waals surface area (Å²) in [5.74, 6) is 0.761. The number of rotatable bonds is 2. The molecule has 0 aliphatic carbocycles. The molecular weight excluding hydrogens is 236 g/mol. The SMILES string of the molecule is CC1CCN(c2c(Cl)cccc2N=[N+]=[N-])CC1. The first-order valence-corrected chi connectivity index (χ1v) is 6.18. The van der Waals surface area contributed by atoms with Crippen LogP contribution in [0.5, 0.6) is 0 Å². The van der Waals surface area contributed by atoms with Crippen LogP contribution in [-0.4, -0.2) is 13.1 Å². The molecule has 2 rings (SSSR count). The van der Waals surface area contributed by atoms with Crippen LogP contribution in [0.15, 0.2) is 23.3 Å². The molecule has 0 atom stereocenters. The van der Waals surface area contributed by atoms with Crippen LogP contribution in [0.4, 0.5) is 11.4 Å². The highest BCUT2D eigenvalue weighted by atomic mass is 35.5. The van der Waals surface area contributed by atoms with Crippen molar-refractivity contribution in [1.29, 1.82) is 0 Å². The van der Waals surface area contributed by atoms with Crippen molar-refractivity contribution in [3.8, 4) is 0 Å². The second kappa shape index (κ2) is 5.30. The van der Waals surface area contributed by atoms with Crippen LogP contribution in [0.1, 0.15) is 19.8 Å². The molecule has 0 aromatic heterocycles. The van der Waals surface area contributed by atoms with Crippen molar-refractivity contribution in [2.75, 3.05) is 18.0 Å². The van der Waals surface area contributed by atoms with Crippen LogP contribution in [0.25, 0.3) is 10.4 Å². The molecule has 0 amide bonds.